The molecular weight excluding hydrogens is 414 g/mol. The van der Waals surface area contributed by atoms with Crippen molar-refractivity contribution in [3.05, 3.63) is 89.9 Å². The van der Waals surface area contributed by atoms with Gasteiger partial charge in [-0.05, 0) is 48.6 Å². The SMILES string of the molecule is COc1ccccc1C=CC(=O)NC(=S)Nc1ccccc1C(=O)NCc1ccco1. The topological polar surface area (TPSA) is 92.6 Å². The number of carbonyl (C=O) groups is 2. The van der Waals surface area contributed by atoms with Gasteiger partial charge in [-0.2, -0.15) is 0 Å². The molecule has 0 bridgehead atoms. The van der Waals surface area contributed by atoms with Gasteiger partial charge in [0, 0.05) is 11.6 Å². The second-order valence-corrected chi connectivity index (χ2v) is 6.73. The van der Waals surface area contributed by atoms with Gasteiger partial charge in [0.25, 0.3) is 5.91 Å². The number of rotatable bonds is 7. The van der Waals surface area contributed by atoms with E-state index in [0.29, 0.717) is 22.8 Å². The Labute approximate surface area is 185 Å². The third-order valence-corrected chi connectivity index (χ3v) is 4.42. The first-order chi connectivity index (χ1) is 15.1. The van der Waals surface area contributed by atoms with Crippen molar-refractivity contribution in [1.82, 2.24) is 10.6 Å². The van der Waals surface area contributed by atoms with Crippen LogP contribution < -0.4 is 20.7 Å². The Hall–Kier alpha value is -3.91. The number of furan rings is 1. The number of para-hydroxylation sites is 2. The quantitative estimate of drug-likeness (QED) is 0.387. The van der Waals surface area contributed by atoms with Crippen molar-refractivity contribution >= 4 is 40.9 Å². The monoisotopic (exact) mass is 435 g/mol. The predicted octanol–water partition coefficient (Wildman–Crippen LogP) is 3.74. The highest BCUT2D eigenvalue weighted by Gasteiger charge is 2.13. The number of benzene rings is 2. The van der Waals surface area contributed by atoms with Crippen LogP contribution in [0, 0.1) is 0 Å². The fourth-order valence-corrected chi connectivity index (χ4v) is 2.95. The van der Waals surface area contributed by atoms with Crippen LogP contribution in [0.15, 0.2) is 77.4 Å². The standard InChI is InChI=1S/C23H21N3O4S/c1-29-20-11-5-2-7-16(20)12-13-21(27)26-23(31)25-19-10-4-3-9-18(19)22(28)24-15-17-8-6-14-30-17/h2-14H,15H2,1H3,(H,24,28)(H2,25,26,27,31). The van der Waals surface area contributed by atoms with Crippen molar-refractivity contribution in [2.75, 3.05) is 12.4 Å². The molecule has 0 aliphatic rings. The van der Waals surface area contributed by atoms with E-state index in [1.165, 1.54) is 6.08 Å². The number of methoxy groups -OCH3 is 1. The smallest absolute Gasteiger partial charge is 0.253 e. The number of thiocarbonyl (C=S) groups is 1. The lowest BCUT2D eigenvalue weighted by atomic mass is 10.1. The molecule has 3 aromatic rings. The Morgan fingerprint density at radius 1 is 1.06 bits per heavy atom. The zero-order valence-corrected chi connectivity index (χ0v) is 17.6. The van der Waals surface area contributed by atoms with Crippen LogP contribution in [-0.2, 0) is 11.3 Å². The minimum Gasteiger partial charge on any atom is -0.496 e. The first kappa shape index (κ1) is 21.8. The zero-order chi connectivity index (χ0) is 22.1. The highest BCUT2D eigenvalue weighted by molar-refractivity contribution is 7.80. The summed E-state index contributed by atoms with van der Waals surface area (Å²) in [6.07, 6.45) is 4.53. The van der Waals surface area contributed by atoms with Gasteiger partial charge >= 0.3 is 0 Å². The summed E-state index contributed by atoms with van der Waals surface area (Å²) < 4.78 is 10.5. The molecule has 2 amide bonds. The normalized spacial score (nSPS) is 10.5. The molecule has 2 aromatic carbocycles. The molecule has 1 heterocycles. The van der Waals surface area contributed by atoms with E-state index in [1.807, 2.05) is 18.2 Å². The molecule has 3 rings (SSSR count). The Balaban J connectivity index is 1.59. The summed E-state index contributed by atoms with van der Waals surface area (Å²) in [5, 5.41) is 8.31. The molecule has 8 heteroatoms. The van der Waals surface area contributed by atoms with Crippen LogP contribution in [-0.4, -0.2) is 24.0 Å². The Kier molecular flexibility index (Phi) is 7.56. The van der Waals surface area contributed by atoms with Crippen molar-refractivity contribution in [3.8, 4) is 5.75 Å². The predicted molar refractivity (Wildman–Crippen MR) is 123 cm³/mol. The van der Waals surface area contributed by atoms with Gasteiger partial charge in [0.2, 0.25) is 5.91 Å². The molecule has 3 N–H and O–H groups in total. The van der Waals surface area contributed by atoms with Gasteiger partial charge in [-0.3, -0.25) is 14.9 Å². The average molecular weight is 436 g/mol. The van der Waals surface area contributed by atoms with Crippen LogP contribution in [0.2, 0.25) is 0 Å². The highest BCUT2D eigenvalue weighted by Crippen LogP contribution is 2.18. The summed E-state index contributed by atoms with van der Waals surface area (Å²) in [7, 11) is 1.56. The van der Waals surface area contributed by atoms with Gasteiger partial charge < -0.3 is 19.8 Å². The minimum atomic E-state index is -0.414. The Bertz CT molecular complexity index is 1090. The number of ether oxygens (including phenoxy) is 1. The molecule has 0 fully saturated rings. The maximum absolute atomic E-state index is 12.5. The van der Waals surface area contributed by atoms with Gasteiger partial charge in [-0.25, -0.2) is 0 Å². The molecule has 0 atom stereocenters. The number of nitrogens with one attached hydrogen (secondary N) is 3. The molecule has 0 unspecified atom stereocenters. The molecule has 0 saturated carbocycles. The molecule has 0 aliphatic heterocycles. The molecule has 0 spiro atoms. The molecule has 0 saturated heterocycles. The molecule has 0 radical (unpaired) electrons. The molecule has 7 nitrogen and oxygen atoms in total. The van der Waals surface area contributed by atoms with Gasteiger partial charge in [-0.15, -0.1) is 0 Å². The lowest BCUT2D eigenvalue weighted by Gasteiger charge is -2.12. The summed E-state index contributed by atoms with van der Waals surface area (Å²) in [4.78, 5) is 24.8. The number of carbonyl (C=O) groups excluding carboxylic acids is 2. The number of anilines is 1. The number of hydrogen-bond donors (Lipinski definition) is 3. The summed E-state index contributed by atoms with van der Waals surface area (Å²) in [6, 6.07) is 17.7. The first-order valence-corrected chi connectivity index (χ1v) is 9.80. The van der Waals surface area contributed by atoms with Crippen molar-refractivity contribution < 1.29 is 18.7 Å². The van der Waals surface area contributed by atoms with E-state index < -0.39 is 5.91 Å². The maximum atomic E-state index is 12.5. The molecule has 0 aliphatic carbocycles. The lowest BCUT2D eigenvalue weighted by Crippen LogP contribution is -2.33. The Morgan fingerprint density at radius 3 is 2.61 bits per heavy atom. The fourth-order valence-electron chi connectivity index (χ4n) is 2.74. The lowest BCUT2D eigenvalue weighted by molar-refractivity contribution is -0.115. The molecule has 31 heavy (non-hydrogen) atoms. The molecule has 158 valence electrons. The van der Waals surface area contributed by atoms with Crippen LogP contribution >= 0.6 is 12.2 Å². The maximum Gasteiger partial charge on any atom is 0.253 e. The van der Waals surface area contributed by atoms with Gasteiger partial charge in [0.1, 0.15) is 11.5 Å². The fraction of sp³-hybridized carbons (Fsp3) is 0.0870. The van der Waals surface area contributed by atoms with E-state index >= 15 is 0 Å². The van der Waals surface area contributed by atoms with E-state index in [-0.39, 0.29) is 17.6 Å². The molecular formula is C23H21N3O4S. The van der Waals surface area contributed by atoms with Crippen molar-refractivity contribution in [1.29, 1.82) is 0 Å². The Morgan fingerprint density at radius 2 is 1.84 bits per heavy atom. The van der Waals surface area contributed by atoms with E-state index in [0.717, 1.165) is 5.56 Å². The first-order valence-electron chi connectivity index (χ1n) is 9.39. The highest BCUT2D eigenvalue weighted by atomic mass is 32.1. The summed E-state index contributed by atoms with van der Waals surface area (Å²) in [6.45, 7) is 0.259. The largest absolute Gasteiger partial charge is 0.496 e. The number of amides is 2. The van der Waals surface area contributed by atoms with Gasteiger partial charge in [-0.1, -0.05) is 30.3 Å². The van der Waals surface area contributed by atoms with Crippen molar-refractivity contribution in [2.45, 2.75) is 6.54 Å². The van der Waals surface area contributed by atoms with Crippen LogP contribution in [0.1, 0.15) is 21.7 Å². The van der Waals surface area contributed by atoms with E-state index in [9.17, 15) is 9.59 Å². The van der Waals surface area contributed by atoms with E-state index in [4.69, 9.17) is 21.4 Å². The van der Waals surface area contributed by atoms with E-state index in [2.05, 4.69) is 16.0 Å². The van der Waals surface area contributed by atoms with Crippen LogP contribution in [0.5, 0.6) is 5.75 Å². The van der Waals surface area contributed by atoms with Crippen LogP contribution in [0.3, 0.4) is 0 Å². The zero-order valence-electron chi connectivity index (χ0n) is 16.8. The van der Waals surface area contributed by atoms with Gasteiger partial charge in [0.15, 0.2) is 5.11 Å². The second-order valence-electron chi connectivity index (χ2n) is 6.33. The molecule has 1 aromatic heterocycles. The second kappa shape index (κ2) is 10.7. The van der Waals surface area contributed by atoms with Gasteiger partial charge in [0.05, 0.1) is 31.2 Å². The summed E-state index contributed by atoms with van der Waals surface area (Å²) in [5.41, 5.74) is 1.62. The van der Waals surface area contributed by atoms with Crippen molar-refractivity contribution in [2.24, 2.45) is 0 Å². The van der Waals surface area contributed by atoms with E-state index in [1.54, 1.807) is 61.9 Å². The third-order valence-electron chi connectivity index (χ3n) is 4.21. The van der Waals surface area contributed by atoms with Crippen LogP contribution in [0.25, 0.3) is 6.08 Å². The number of hydrogen-bond acceptors (Lipinski definition) is 5. The van der Waals surface area contributed by atoms with Crippen molar-refractivity contribution in [3.63, 3.8) is 0 Å². The third kappa shape index (κ3) is 6.28. The average Bonchev–Trinajstić information content (AvgIpc) is 3.30. The van der Waals surface area contributed by atoms with Crippen LogP contribution in [0.4, 0.5) is 5.69 Å². The summed E-state index contributed by atoms with van der Waals surface area (Å²) >= 11 is 5.22. The summed E-state index contributed by atoms with van der Waals surface area (Å²) in [5.74, 6) is 0.581. The minimum absolute atomic E-state index is 0.0703.